The van der Waals surface area contributed by atoms with Crippen molar-refractivity contribution in [3.05, 3.63) is 62.6 Å². The van der Waals surface area contributed by atoms with Crippen molar-refractivity contribution in [1.29, 1.82) is 0 Å². The zero-order valence-corrected chi connectivity index (χ0v) is 15.6. The SMILES string of the molecule is O=C(Nc1ccsc1-c1nc(-c2ccc(F)c(F)c2)no1)c1ccc(Cl)s1. The van der Waals surface area contributed by atoms with Gasteiger partial charge in [-0.25, -0.2) is 8.78 Å². The number of amides is 1. The predicted molar refractivity (Wildman–Crippen MR) is 100 cm³/mol. The van der Waals surface area contributed by atoms with Gasteiger partial charge in [0.2, 0.25) is 5.82 Å². The maximum atomic E-state index is 13.4. The van der Waals surface area contributed by atoms with E-state index in [1.54, 1.807) is 23.6 Å². The van der Waals surface area contributed by atoms with Gasteiger partial charge in [-0.15, -0.1) is 22.7 Å². The number of aromatic nitrogens is 2. The van der Waals surface area contributed by atoms with Gasteiger partial charge in [0.25, 0.3) is 11.8 Å². The van der Waals surface area contributed by atoms with E-state index in [2.05, 4.69) is 15.5 Å². The molecule has 1 aromatic carbocycles. The molecule has 3 aromatic heterocycles. The van der Waals surface area contributed by atoms with Gasteiger partial charge < -0.3 is 9.84 Å². The molecule has 3 heterocycles. The highest BCUT2D eigenvalue weighted by atomic mass is 35.5. The van der Waals surface area contributed by atoms with Crippen molar-refractivity contribution < 1.29 is 18.1 Å². The summed E-state index contributed by atoms with van der Waals surface area (Å²) >= 11 is 8.31. The van der Waals surface area contributed by atoms with Crippen LogP contribution in [0.15, 0.2) is 46.3 Å². The van der Waals surface area contributed by atoms with Crippen molar-refractivity contribution in [2.75, 3.05) is 5.32 Å². The fourth-order valence-corrected chi connectivity index (χ4v) is 3.97. The third-order valence-electron chi connectivity index (χ3n) is 3.51. The number of anilines is 1. The monoisotopic (exact) mass is 423 g/mol. The van der Waals surface area contributed by atoms with Gasteiger partial charge in [-0.1, -0.05) is 16.8 Å². The fourth-order valence-electron chi connectivity index (χ4n) is 2.26. The number of hydrogen-bond donors (Lipinski definition) is 1. The average molecular weight is 424 g/mol. The van der Waals surface area contributed by atoms with E-state index in [0.29, 0.717) is 19.8 Å². The molecule has 0 saturated heterocycles. The minimum atomic E-state index is -1.00. The number of nitrogens with zero attached hydrogens (tertiary/aromatic N) is 2. The molecule has 0 unspecified atom stereocenters. The molecule has 27 heavy (non-hydrogen) atoms. The van der Waals surface area contributed by atoms with Crippen molar-refractivity contribution in [3.63, 3.8) is 0 Å². The molecule has 0 spiro atoms. The summed E-state index contributed by atoms with van der Waals surface area (Å²) in [6, 6.07) is 8.30. The van der Waals surface area contributed by atoms with Crippen LogP contribution < -0.4 is 5.32 Å². The zero-order chi connectivity index (χ0) is 19.0. The van der Waals surface area contributed by atoms with Crippen LogP contribution in [0, 0.1) is 11.6 Å². The molecule has 10 heteroatoms. The molecule has 5 nitrogen and oxygen atoms in total. The largest absolute Gasteiger partial charge is 0.333 e. The smallest absolute Gasteiger partial charge is 0.270 e. The highest BCUT2D eigenvalue weighted by molar-refractivity contribution is 7.18. The Kier molecular flexibility index (Phi) is 4.73. The Hall–Kier alpha value is -2.62. The number of carbonyl (C=O) groups is 1. The summed E-state index contributed by atoms with van der Waals surface area (Å²) in [5, 5.41) is 8.33. The van der Waals surface area contributed by atoms with Gasteiger partial charge in [0, 0.05) is 5.56 Å². The Balaban J connectivity index is 1.60. The molecular formula is C17H8ClF2N3O2S2. The Labute approximate surface area is 164 Å². The number of hydrogen-bond acceptors (Lipinski definition) is 6. The Morgan fingerprint density at radius 3 is 2.74 bits per heavy atom. The first-order valence-corrected chi connectivity index (χ1v) is 9.52. The molecule has 4 rings (SSSR count). The lowest BCUT2D eigenvalue weighted by atomic mass is 10.2. The summed E-state index contributed by atoms with van der Waals surface area (Å²) in [6.45, 7) is 0. The molecular weight excluding hydrogens is 416 g/mol. The molecule has 0 saturated carbocycles. The van der Waals surface area contributed by atoms with Gasteiger partial charge in [-0.3, -0.25) is 4.79 Å². The number of carbonyl (C=O) groups excluding carboxylic acids is 1. The quantitative estimate of drug-likeness (QED) is 0.456. The third-order valence-corrected chi connectivity index (χ3v) is 5.64. The van der Waals surface area contributed by atoms with Crippen LogP contribution in [0.1, 0.15) is 9.67 Å². The van der Waals surface area contributed by atoms with Crippen molar-refractivity contribution >= 4 is 45.9 Å². The molecule has 0 fully saturated rings. The van der Waals surface area contributed by atoms with E-state index in [1.165, 1.54) is 17.4 Å². The maximum Gasteiger partial charge on any atom is 0.270 e. The molecule has 1 N–H and O–H groups in total. The van der Waals surface area contributed by atoms with E-state index in [0.717, 1.165) is 23.5 Å². The normalized spacial score (nSPS) is 10.9. The van der Waals surface area contributed by atoms with E-state index in [9.17, 15) is 13.6 Å². The zero-order valence-electron chi connectivity index (χ0n) is 13.2. The van der Waals surface area contributed by atoms with Crippen molar-refractivity contribution in [1.82, 2.24) is 10.1 Å². The summed E-state index contributed by atoms with van der Waals surface area (Å²) in [4.78, 5) is 17.5. The number of rotatable bonds is 4. The first-order valence-electron chi connectivity index (χ1n) is 7.45. The van der Waals surface area contributed by atoms with Crippen LogP contribution in [0.3, 0.4) is 0 Å². The van der Waals surface area contributed by atoms with Crippen LogP contribution in [0.2, 0.25) is 4.34 Å². The maximum absolute atomic E-state index is 13.4. The number of halogens is 3. The van der Waals surface area contributed by atoms with E-state index in [-0.39, 0.29) is 23.2 Å². The first kappa shape index (κ1) is 17.8. The fraction of sp³-hybridized carbons (Fsp3) is 0. The third kappa shape index (κ3) is 3.61. The van der Waals surface area contributed by atoms with Crippen LogP contribution >= 0.6 is 34.3 Å². The van der Waals surface area contributed by atoms with Gasteiger partial charge in [-0.05, 0) is 41.8 Å². The van der Waals surface area contributed by atoms with Gasteiger partial charge in [0.15, 0.2) is 11.6 Å². The standard InChI is InChI=1S/C17H8ClF2N3O2S2/c18-13-4-3-12(27-13)16(24)21-11-5-6-26-14(11)17-22-15(23-25-17)8-1-2-9(19)10(20)7-8/h1-7H,(H,21,24). The van der Waals surface area contributed by atoms with Crippen LogP contribution in [0.5, 0.6) is 0 Å². The number of benzene rings is 1. The molecule has 1 amide bonds. The molecule has 4 aromatic rings. The van der Waals surface area contributed by atoms with Gasteiger partial charge >= 0.3 is 0 Å². The lowest BCUT2D eigenvalue weighted by Crippen LogP contribution is -2.09. The highest BCUT2D eigenvalue weighted by Crippen LogP contribution is 2.34. The topological polar surface area (TPSA) is 68.0 Å². The van der Waals surface area contributed by atoms with Crippen LogP contribution in [0.4, 0.5) is 14.5 Å². The average Bonchev–Trinajstić information content (AvgIpc) is 3.37. The molecule has 0 radical (unpaired) electrons. The van der Waals surface area contributed by atoms with Crippen molar-refractivity contribution in [3.8, 4) is 22.2 Å². The van der Waals surface area contributed by atoms with Crippen molar-refractivity contribution in [2.45, 2.75) is 0 Å². The minimum Gasteiger partial charge on any atom is -0.333 e. The molecule has 0 aliphatic heterocycles. The summed E-state index contributed by atoms with van der Waals surface area (Å²) in [7, 11) is 0. The second kappa shape index (κ2) is 7.18. The lowest BCUT2D eigenvalue weighted by molar-refractivity contribution is 0.103. The minimum absolute atomic E-state index is 0.111. The predicted octanol–water partition coefficient (Wildman–Crippen LogP) is 5.71. The summed E-state index contributed by atoms with van der Waals surface area (Å²) < 4.78 is 32.2. The summed E-state index contributed by atoms with van der Waals surface area (Å²) in [5.41, 5.74) is 0.772. The van der Waals surface area contributed by atoms with Crippen LogP contribution in [-0.2, 0) is 0 Å². The molecule has 0 atom stereocenters. The number of nitrogens with one attached hydrogen (secondary N) is 1. The van der Waals surface area contributed by atoms with Crippen LogP contribution in [0.25, 0.3) is 22.2 Å². The van der Waals surface area contributed by atoms with E-state index in [1.807, 2.05) is 0 Å². The molecule has 0 bridgehead atoms. The second-order valence-corrected chi connectivity index (χ2v) is 7.90. The Morgan fingerprint density at radius 2 is 2.00 bits per heavy atom. The lowest BCUT2D eigenvalue weighted by Gasteiger charge is -2.02. The van der Waals surface area contributed by atoms with Crippen molar-refractivity contribution in [2.24, 2.45) is 0 Å². The van der Waals surface area contributed by atoms with Gasteiger partial charge in [0.1, 0.15) is 4.88 Å². The van der Waals surface area contributed by atoms with E-state index >= 15 is 0 Å². The second-order valence-electron chi connectivity index (χ2n) is 5.27. The molecule has 0 aliphatic rings. The molecule has 136 valence electrons. The first-order chi connectivity index (χ1) is 13.0. The Morgan fingerprint density at radius 1 is 1.15 bits per heavy atom. The van der Waals surface area contributed by atoms with Gasteiger partial charge in [0.05, 0.1) is 14.9 Å². The molecule has 0 aliphatic carbocycles. The van der Waals surface area contributed by atoms with E-state index in [4.69, 9.17) is 16.1 Å². The van der Waals surface area contributed by atoms with Crippen LogP contribution in [-0.4, -0.2) is 16.0 Å². The Bertz CT molecular complexity index is 1140. The van der Waals surface area contributed by atoms with Gasteiger partial charge in [-0.2, -0.15) is 4.98 Å². The van der Waals surface area contributed by atoms with E-state index < -0.39 is 11.6 Å². The number of thiophene rings is 2. The summed E-state index contributed by atoms with van der Waals surface area (Å²) in [6.07, 6.45) is 0. The highest BCUT2D eigenvalue weighted by Gasteiger charge is 2.19. The summed E-state index contributed by atoms with van der Waals surface area (Å²) in [5.74, 6) is -2.01.